The lowest BCUT2D eigenvalue weighted by Crippen LogP contribution is -2.44. The summed E-state index contributed by atoms with van der Waals surface area (Å²) in [7, 11) is 0. The Kier molecular flexibility index (Phi) is 4.37. The van der Waals surface area contributed by atoms with Crippen LogP contribution in [0.2, 0.25) is 0 Å². The Morgan fingerprint density at radius 2 is 2.12 bits per heavy atom. The highest BCUT2D eigenvalue weighted by atomic mass is 19.1. The van der Waals surface area contributed by atoms with E-state index in [0.717, 1.165) is 31.5 Å². The Morgan fingerprint density at radius 3 is 2.75 bits per heavy atom. The molecule has 2 N–H and O–H groups in total. The maximum atomic E-state index is 13.9. The predicted molar refractivity (Wildman–Crippen MR) is 81.3 cm³/mol. The highest BCUT2D eigenvalue weighted by Crippen LogP contribution is 2.43. The number of halogens is 2. The molecule has 0 spiro atoms. The summed E-state index contributed by atoms with van der Waals surface area (Å²) in [4.78, 5) is 25.5. The zero-order chi connectivity index (χ0) is 17.2. The average molecular weight is 334 g/mol. The largest absolute Gasteiger partial charge is 0.349 e. The van der Waals surface area contributed by atoms with Gasteiger partial charge in [0, 0.05) is 12.6 Å². The van der Waals surface area contributed by atoms with Gasteiger partial charge in [0.25, 0.3) is 11.5 Å². The molecule has 24 heavy (non-hydrogen) atoms. The van der Waals surface area contributed by atoms with Gasteiger partial charge in [-0.05, 0) is 36.3 Å². The van der Waals surface area contributed by atoms with Crippen molar-refractivity contribution in [3.05, 3.63) is 57.8 Å². The quantitative estimate of drug-likeness (QED) is 0.869. The standard InChI is InChI=1S/C16H16F2N4O2/c17-11-3-2-10(12(18)6-11)7-16(4-1-5-16)9-19-15(24)14-21-13(23)8-20-22-14/h2-3,6,8H,1,4-5,7,9H2,(H,19,24)(H,21,22,23). The number of nitrogens with one attached hydrogen (secondary N) is 2. The van der Waals surface area contributed by atoms with E-state index in [9.17, 15) is 18.4 Å². The topological polar surface area (TPSA) is 87.7 Å². The molecule has 126 valence electrons. The van der Waals surface area contributed by atoms with Crippen LogP contribution in [-0.2, 0) is 6.42 Å². The van der Waals surface area contributed by atoms with E-state index >= 15 is 0 Å². The monoisotopic (exact) mass is 334 g/mol. The van der Waals surface area contributed by atoms with Crippen molar-refractivity contribution < 1.29 is 13.6 Å². The van der Waals surface area contributed by atoms with Crippen LogP contribution in [0.25, 0.3) is 0 Å². The number of amides is 1. The zero-order valence-corrected chi connectivity index (χ0v) is 12.8. The molecular formula is C16H16F2N4O2. The lowest BCUT2D eigenvalue weighted by molar-refractivity contribution is 0.0846. The Hall–Kier alpha value is -2.64. The number of rotatable bonds is 5. The van der Waals surface area contributed by atoms with Gasteiger partial charge in [0.05, 0.1) is 0 Å². The molecule has 0 aliphatic heterocycles. The Morgan fingerprint density at radius 1 is 1.33 bits per heavy atom. The van der Waals surface area contributed by atoms with Gasteiger partial charge in [-0.2, -0.15) is 5.10 Å². The van der Waals surface area contributed by atoms with E-state index in [1.807, 2.05) is 0 Å². The predicted octanol–water partition coefficient (Wildman–Crippen LogP) is 1.59. The van der Waals surface area contributed by atoms with Crippen molar-refractivity contribution in [3.63, 3.8) is 0 Å². The highest BCUT2D eigenvalue weighted by molar-refractivity contribution is 5.90. The van der Waals surface area contributed by atoms with Crippen LogP contribution in [0.15, 0.2) is 29.2 Å². The fourth-order valence-electron chi connectivity index (χ4n) is 2.93. The van der Waals surface area contributed by atoms with Crippen LogP contribution < -0.4 is 10.9 Å². The Balaban J connectivity index is 1.67. The van der Waals surface area contributed by atoms with Crippen molar-refractivity contribution >= 4 is 5.91 Å². The minimum absolute atomic E-state index is 0.162. The average Bonchev–Trinajstić information content (AvgIpc) is 2.51. The number of carbonyl (C=O) groups excluding carboxylic acids is 1. The Bertz CT molecular complexity index is 818. The molecule has 1 aliphatic rings. The summed E-state index contributed by atoms with van der Waals surface area (Å²) < 4.78 is 26.9. The second-order valence-electron chi connectivity index (χ2n) is 6.13. The molecule has 3 rings (SSSR count). The normalized spacial score (nSPS) is 15.6. The number of aromatic amines is 1. The summed E-state index contributed by atoms with van der Waals surface area (Å²) in [5.74, 6) is -1.89. The number of aromatic nitrogens is 3. The second kappa shape index (κ2) is 6.46. The van der Waals surface area contributed by atoms with Gasteiger partial charge < -0.3 is 5.32 Å². The number of H-pyrrole nitrogens is 1. The van der Waals surface area contributed by atoms with Crippen LogP contribution in [0.5, 0.6) is 0 Å². The molecule has 8 heteroatoms. The minimum atomic E-state index is -0.612. The molecule has 1 amide bonds. The van der Waals surface area contributed by atoms with Crippen LogP contribution >= 0.6 is 0 Å². The van der Waals surface area contributed by atoms with Crippen LogP contribution in [0.3, 0.4) is 0 Å². The molecule has 6 nitrogen and oxygen atoms in total. The zero-order valence-electron chi connectivity index (χ0n) is 12.8. The van der Waals surface area contributed by atoms with Gasteiger partial charge in [0.1, 0.15) is 17.8 Å². The van der Waals surface area contributed by atoms with Crippen LogP contribution in [0, 0.1) is 17.0 Å². The number of benzene rings is 1. The first-order valence-electron chi connectivity index (χ1n) is 7.62. The molecule has 2 aromatic rings. The number of hydrogen-bond acceptors (Lipinski definition) is 4. The van der Waals surface area contributed by atoms with Gasteiger partial charge in [-0.25, -0.2) is 8.78 Å². The molecule has 1 aromatic heterocycles. The molecule has 0 atom stereocenters. The van der Waals surface area contributed by atoms with E-state index in [2.05, 4.69) is 20.5 Å². The summed E-state index contributed by atoms with van der Waals surface area (Å²) in [5.41, 5.74) is -0.350. The third-order valence-corrected chi connectivity index (χ3v) is 4.41. The van der Waals surface area contributed by atoms with Gasteiger partial charge in [0.15, 0.2) is 0 Å². The fraction of sp³-hybridized carbons (Fsp3) is 0.375. The van der Waals surface area contributed by atoms with E-state index in [0.29, 0.717) is 18.5 Å². The molecule has 0 radical (unpaired) electrons. The molecule has 1 aliphatic carbocycles. The summed E-state index contributed by atoms with van der Waals surface area (Å²) in [6.45, 7) is 0.321. The molecule has 1 heterocycles. The van der Waals surface area contributed by atoms with Gasteiger partial charge >= 0.3 is 0 Å². The first-order chi connectivity index (χ1) is 11.5. The smallest absolute Gasteiger partial charge is 0.289 e. The van der Waals surface area contributed by atoms with Gasteiger partial charge in [-0.1, -0.05) is 12.5 Å². The van der Waals surface area contributed by atoms with E-state index in [4.69, 9.17) is 0 Å². The van der Waals surface area contributed by atoms with Crippen molar-refractivity contribution in [3.8, 4) is 0 Å². The fourth-order valence-corrected chi connectivity index (χ4v) is 2.93. The number of carbonyl (C=O) groups is 1. The molecule has 0 bridgehead atoms. The summed E-state index contributed by atoms with van der Waals surface area (Å²) in [5, 5.41) is 9.72. The second-order valence-corrected chi connectivity index (χ2v) is 6.13. The molecule has 1 aromatic carbocycles. The third kappa shape index (κ3) is 3.47. The van der Waals surface area contributed by atoms with Crippen molar-refractivity contribution in [2.24, 2.45) is 5.41 Å². The lowest BCUT2D eigenvalue weighted by atomic mass is 9.65. The van der Waals surface area contributed by atoms with Crippen molar-refractivity contribution in [2.45, 2.75) is 25.7 Å². The number of hydrogen-bond donors (Lipinski definition) is 2. The van der Waals surface area contributed by atoms with Crippen LogP contribution in [0.4, 0.5) is 8.78 Å². The van der Waals surface area contributed by atoms with Gasteiger partial charge in [0.2, 0.25) is 5.82 Å². The highest BCUT2D eigenvalue weighted by Gasteiger charge is 2.38. The van der Waals surface area contributed by atoms with E-state index in [-0.39, 0.29) is 11.2 Å². The van der Waals surface area contributed by atoms with Gasteiger partial charge in [-0.3, -0.25) is 14.6 Å². The maximum absolute atomic E-state index is 13.9. The SMILES string of the molecule is O=C(NCC1(Cc2ccc(F)cc2F)CCC1)c1nncc(=O)[nH]1. The summed E-state index contributed by atoms with van der Waals surface area (Å²) in [6, 6.07) is 3.53. The minimum Gasteiger partial charge on any atom is -0.349 e. The van der Waals surface area contributed by atoms with Crippen molar-refractivity contribution in [1.82, 2.24) is 20.5 Å². The Labute approximate surface area is 136 Å². The van der Waals surface area contributed by atoms with Crippen LogP contribution in [0.1, 0.15) is 35.4 Å². The summed E-state index contributed by atoms with van der Waals surface area (Å²) in [6.07, 6.45) is 4.04. The number of nitrogens with zero attached hydrogens (tertiary/aromatic N) is 2. The van der Waals surface area contributed by atoms with Crippen molar-refractivity contribution in [1.29, 1.82) is 0 Å². The lowest BCUT2D eigenvalue weighted by Gasteiger charge is -2.42. The van der Waals surface area contributed by atoms with E-state index in [1.54, 1.807) is 0 Å². The molecule has 1 saturated carbocycles. The molecular weight excluding hydrogens is 318 g/mol. The molecule has 0 saturated heterocycles. The third-order valence-electron chi connectivity index (χ3n) is 4.41. The van der Waals surface area contributed by atoms with Gasteiger partial charge in [-0.15, -0.1) is 5.10 Å². The first-order valence-corrected chi connectivity index (χ1v) is 7.62. The molecule has 1 fully saturated rings. The van der Waals surface area contributed by atoms with E-state index in [1.165, 1.54) is 12.1 Å². The first kappa shape index (κ1) is 16.2. The van der Waals surface area contributed by atoms with E-state index < -0.39 is 23.1 Å². The summed E-state index contributed by atoms with van der Waals surface area (Å²) >= 11 is 0. The molecule has 0 unspecified atom stereocenters. The van der Waals surface area contributed by atoms with Crippen LogP contribution in [-0.4, -0.2) is 27.6 Å². The van der Waals surface area contributed by atoms with Crippen molar-refractivity contribution in [2.75, 3.05) is 6.54 Å². The maximum Gasteiger partial charge on any atom is 0.289 e.